The summed E-state index contributed by atoms with van der Waals surface area (Å²) in [7, 11) is 0. The molecule has 2 aliphatic rings. The number of nitrogens with one attached hydrogen (secondary N) is 1. The normalized spacial score (nSPS) is 21.1. The van der Waals surface area contributed by atoms with Gasteiger partial charge in [-0.15, -0.1) is 0 Å². The number of rotatable bonds is 8. The van der Waals surface area contributed by atoms with Gasteiger partial charge in [-0.3, -0.25) is 4.79 Å². The average molecular weight is 403 g/mol. The van der Waals surface area contributed by atoms with Crippen LogP contribution in [0.5, 0.6) is 0 Å². The number of nitrogens with zero attached hydrogens (tertiary/aromatic N) is 2. The maximum Gasteiger partial charge on any atom is 0.317 e. The van der Waals surface area contributed by atoms with Crippen LogP contribution >= 0.6 is 0 Å². The Hall–Kier alpha value is -2.12. The summed E-state index contributed by atoms with van der Waals surface area (Å²) in [6, 6.07) is 10.2. The SMILES string of the molecule is NC(=O)C1CCCN(CCCNC(=O)N2CCC(OCc3ccccc3)CC2)C1. The summed E-state index contributed by atoms with van der Waals surface area (Å²) >= 11 is 0. The number of benzene rings is 1. The van der Waals surface area contributed by atoms with E-state index in [1.165, 1.54) is 5.56 Å². The molecule has 7 heteroatoms. The van der Waals surface area contributed by atoms with Crippen LogP contribution in [0, 0.1) is 5.92 Å². The van der Waals surface area contributed by atoms with E-state index in [1.54, 1.807) is 0 Å². The minimum Gasteiger partial charge on any atom is -0.373 e. The van der Waals surface area contributed by atoms with Gasteiger partial charge in [-0.25, -0.2) is 4.79 Å². The van der Waals surface area contributed by atoms with Gasteiger partial charge in [-0.05, 0) is 50.8 Å². The first-order valence-corrected chi connectivity index (χ1v) is 10.8. The van der Waals surface area contributed by atoms with Crippen LogP contribution in [0.3, 0.4) is 0 Å². The molecule has 2 aliphatic heterocycles. The van der Waals surface area contributed by atoms with Crippen molar-refractivity contribution in [3.63, 3.8) is 0 Å². The van der Waals surface area contributed by atoms with Gasteiger partial charge in [-0.2, -0.15) is 0 Å². The van der Waals surface area contributed by atoms with E-state index < -0.39 is 0 Å². The molecular formula is C22H34N4O3. The Morgan fingerprint density at radius 3 is 2.59 bits per heavy atom. The van der Waals surface area contributed by atoms with E-state index in [-0.39, 0.29) is 24.0 Å². The topological polar surface area (TPSA) is 87.9 Å². The van der Waals surface area contributed by atoms with Crippen LogP contribution in [0.25, 0.3) is 0 Å². The number of likely N-dealkylation sites (tertiary alicyclic amines) is 2. The predicted octanol–water partition coefficient (Wildman–Crippen LogP) is 1.96. The molecule has 2 saturated heterocycles. The van der Waals surface area contributed by atoms with Crippen molar-refractivity contribution >= 4 is 11.9 Å². The summed E-state index contributed by atoms with van der Waals surface area (Å²) in [5.74, 6) is -0.220. The van der Waals surface area contributed by atoms with Crippen molar-refractivity contribution in [2.24, 2.45) is 11.7 Å². The molecule has 1 aromatic rings. The van der Waals surface area contributed by atoms with Gasteiger partial charge in [0.15, 0.2) is 0 Å². The largest absolute Gasteiger partial charge is 0.373 e. The van der Waals surface area contributed by atoms with Crippen molar-refractivity contribution in [3.05, 3.63) is 35.9 Å². The molecule has 2 heterocycles. The van der Waals surface area contributed by atoms with E-state index in [4.69, 9.17) is 10.5 Å². The van der Waals surface area contributed by atoms with Crippen molar-refractivity contribution in [3.8, 4) is 0 Å². The summed E-state index contributed by atoms with van der Waals surface area (Å²) in [4.78, 5) is 27.9. The first kappa shape index (κ1) is 21.6. The van der Waals surface area contributed by atoms with Gasteiger partial charge >= 0.3 is 6.03 Å². The van der Waals surface area contributed by atoms with Crippen molar-refractivity contribution in [1.82, 2.24) is 15.1 Å². The van der Waals surface area contributed by atoms with Crippen LogP contribution in [0.1, 0.15) is 37.7 Å². The Morgan fingerprint density at radius 2 is 1.86 bits per heavy atom. The standard InChI is InChI=1S/C22H34N4O3/c23-21(27)19-8-4-12-25(16-19)13-5-11-24-22(28)26-14-9-20(10-15-26)29-17-18-6-2-1-3-7-18/h1-3,6-7,19-20H,4-5,8-17H2,(H2,23,27)(H,24,28). The summed E-state index contributed by atoms with van der Waals surface area (Å²) in [5.41, 5.74) is 6.61. The molecule has 7 nitrogen and oxygen atoms in total. The maximum atomic E-state index is 12.4. The average Bonchev–Trinajstić information content (AvgIpc) is 2.76. The lowest BCUT2D eigenvalue weighted by Gasteiger charge is -2.32. The van der Waals surface area contributed by atoms with Gasteiger partial charge in [0.2, 0.25) is 5.91 Å². The van der Waals surface area contributed by atoms with Crippen LogP contribution in [-0.2, 0) is 16.1 Å². The van der Waals surface area contributed by atoms with E-state index in [9.17, 15) is 9.59 Å². The maximum absolute atomic E-state index is 12.4. The smallest absolute Gasteiger partial charge is 0.317 e. The molecule has 1 aromatic carbocycles. The minimum absolute atomic E-state index is 0.0140. The number of carbonyl (C=O) groups is 2. The second-order valence-corrected chi connectivity index (χ2v) is 8.11. The monoisotopic (exact) mass is 402 g/mol. The second kappa shape index (κ2) is 11.2. The Bertz CT molecular complexity index is 647. The fraction of sp³-hybridized carbons (Fsp3) is 0.636. The first-order valence-electron chi connectivity index (χ1n) is 10.8. The molecule has 1 unspecified atom stereocenters. The Balaban J connectivity index is 1.26. The number of hydrogen-bond acceptors (Lipinski definition) is 4. The molecule has 0 spiro atoms. The number of urea groups is 1. The van der Waals surface area contributed by atoms with Crippen LogP contribution in [0.15, 0.2) is 30.3 Å². The van der Waals surface area contributed by atoms with Crippen LogP contribution in [0.4, 0.5) is 4.79 Å². The zero-order valence-corrected chi connectivity index (χ0v) is 17.2. The van der Waals surface area contributed by atoms with Crippen LogP contribution < -0.4 is 11.1 Å². The molecule has 0 saturated carbocycles. The zero-order chi connectivity index (χ0) is 20.5. The number of ether oxygens (including phenoxy) is 1. The second-order valence-electron chi connectivity index (χ2n) is 8.11. The first-order chi connectivity index (χ1) is 14.1. The van der Waals surface area contributed by atoms with Crippen molar-refractivity contribution in [2.75, 3.05) is 39.3 Å². The molecule has 0 aliphatic carbocycles. The highest BCUT2D eigenvalue weighted by molar-refractivity contribution is 5.77. The van der Waals surface area contributed by atoms with Gasteiger partial charge < -0.3 is 25.6 Å². The zero-order valence-electron chi connectivity index (χ0n) is 17.2. The summed E-state index contributed by atoms with van der Waals surface area (Å²) in [6.07, 6.45) is 4.77. The number of piperidine rings is 2. The molecule has 2 fully saturated rings. The third kappa shape index (κ3) is 7.01. The van der Waals surface area contributed by atoms with E-state index in [2.05, 4.69) is 22.3 Å². The quantitative estimate of drug-likeness (QED) is 0.651. The van der Waals surface area contributed by atoms with Gasteiger partial charge in [0.05, 0.1) is 18.6 Å². The molecule has 29 heavy (non-hydrogen) atoms. The molecule has 1 atom stereocenters. The number of nitrogens with two attached hydrogens (primary N) is 1. The Morgan fingerprint density at radius 1 is 1.10 bits per heavy atom. The van der Waals surface area contributed by atoms with Crippen LogP contribution in [0.2, 0.25) is 0 Å². The van der Waals surface area contributed by atoms with Crippen molar-refractivity contribution in [2.45, 2.75) is 44.8 Å². The molecule has 160 valence electrons. The lowest BCUT2D eigenvalue weighted by molar-refractivity contribution is -0.123. The highest BCUT2D eigenvalue weighted by atomic mass is 16.5. The highest BCUT2D eigenvalue weighted by Crippen LogP contribution is 2.17. The van der Waals surface area contributed by atoms with E-state index >= 15 is 0 Å². The van der Waals surface area contributed by atoms with E-state index in [0.29, 0.717) is 13.2 Å². The highest BCUT2D eigenvalue weighted by Gasteiger charge is 2.24. The van der Waals surface area contributed by atoms with E-state index in [1.807, 2.05) is 23.1 Å². The molecule has 3 rings (SSSR count). The number of amides is 3. The van der Waals surface area contributed by atoms with Crippen molar-refractivity contribution in [1.29, 1.82) is 0 Å². The number of carbonyl (C=O) groups excluding carboxylic acids is 2. The molecular weight excluding hydrogens is 368 g/mol. The van der Waals surface area contributed by atoms with Gasteiger partial charge in [0.1, 0.15) is 0 Å². The summed E-state index contributed by atoms with van der Waals surface area (Å²) in [5, 5.41) is 3.03. The van der Waals surface area contributed by atoms with Crippen molar-refractivity contribution < 1.29 is 14.3 Å². The fourth-order valence-corrected chi connectivity index (χ4v) is 4.11. The number of hydrogen-bond donors (Lipinski definition) is 2. The molecule has 3 N–H and O–H groups in total. The summed E-state index contributed by atoms with van der Waals surface area (Å²) < 4.78 is 5.99. The predicted molar refractivity (Wildman–Crippen MR) is 112 cm³/mol. The third-order valence-corrected chi connectivity index (χ3v) is 5.89. The van der Waals surface area contributed by atoms with Gasteiger partial charge in [0.25, 0.3) is 0 Å². The Labute approximate surface area is 173 Å². The molecule has 3 amide bonds. The fourth-order valence-electron chi connectivity index (χ4n) is 4.11. The summed E-state index contributed by atoms with van der Waals surface area (Å²) in [6.45, 7) is 5.40. The Kier molecular flexibility index (Phi) is 8.31. The molecule has 0 bridgehead atoms. The van der Waals surface area contributed by atoms with Gasteiger partial charge in [0, 0.05) is 26.2 Å². The van der Waals surface area contributed by atoms with E-state index in [0.717, 1.165) is 64.8 Å². The third-order valence-electron chi connectivity index (χ3n) is 5.89. The van der Waals surface area contributed by atoms with Crippen LogP contribution in [-0.4, -0.2) is 67.1 Å². The number of primary amides is 1. The minimum atomic E-state index is -0.195. The lowest BCUT2D eigenvalue weighted by Crippen LogP contribution is -2.46. The molecule has 0 radical (unpaired) electrons. The lowest BCUT2D eigenvalue weighted by atomic mass is 9.97. The molecule has 0 aromatic heterocycles. The van der Waals surface area contributed by atoms with Gasteiger partial charge in [-0.1, -0.05) is 30.3 Å².